The van der Waals surface area contributed by atoms with E-state index in [1.165, 1.54) is 25.6 Å². The fourth-order valence-corrected chi connectivity index (χ4v) is 2.29. The molecule has 1 saturated heterocycles. The molecule has 0 saturated carbocycles. The summed E-state index contributed by atoms with van der Waals surface area (Å²) in [6.07, 6.45) is 8.84. The van der Waals surface area contributed by atoms with Crippen molar-refractivity contribution < 1.29 is 0 Å². The monoisotopic (exact) mass is 258 g/mol. The molecular formula is C13H18N6. The van der Waals surface area contributed by atoms with Crippen LogP contribution in [0.15, 0.2) is 31.0 Å². The lowest BCUT2D eigenvalue weighted by Gasteiger charge is -2.24. The van der Waals surface area contributed by atoms with Crippen molar-refractivity contribution in [3.8, 4) is 5.82 Å². The Labute approximate surface area is 112 Å². The Bertz CT molecular complexity index is 486. The highest BCUT2D eigenvalue weighted by Gasteiger charge is 2.11. The number of pyridine rings is 1. The van der Waals surface area contributed by atoms with Crippen molar-refractivity contribution in [2.24, 2.45) is 0 Å². The Morgan fingerprint density at radius 3 is 3.05 bits per heavy atom. The number of hydrogen-bond acceptors (Lipinski definition) is 5. The molecule has 1 atom stereocenters. The Morgan fingerprint density at radius 1 is 1.37 bits per heavy atom. The molecule has 0 spiro atoms. The summed E-state index contributed by atoms with van der Waals surface area (Å²) in [5, 5.41) is 11.0. The summed E-state index contributed by atoms with van der Waals surface area (Å²) >= 11 is 0. The molecule has 0 radical (unpaired) electrons. The smallest absolute Gasteiger partial charge is 0.155 e. The summed E-state index contributed by atoms with van der Waals surface area (Å²) in [4.78, 5) is 8.27. The summed E-state index contributed by atoms with van der Waals surface area (Å²) in [5.74, 6) is 0.777. The molecule has 0 bridgehead atoms. The Kier molecular flexibility index (Phi) is 3.69. The molecule has 2 N–H and O–H groups in total. The van der Waals surface area contributed by atoms with Gasteiger partial charge in [0.1, 0.15) is 12.7 Å². The Hall–Kier alpha value is -1.95. The van der Waals surface area contributed by atoms with Crippen LogP contribution in [0.2, 0.25) is 0 Å². The summed E-state index contributed by atoms with van der Waals surface area (Å²) in [5.41, 5.74) is 1.04. The van der Waals surface area contributed by atoms with Crippen LogP contribution >= 0.6 is 0 Å². The molecule has 19 heavy (non-hydrogen) atoms. The first-order valence-electron chi connectivity index (χ1n) is 6.70. The lowest BCUT2D eigenvalue weighted by atomic mass is 10.1. The zero-order valence-electron chi connectivity index (χ0n) is 10.8. The molecular weight excluding hydrogens is 240 g/mol. The molecule has 0 aliphatic carbocycles. The largest absolute Gasteiger partial charge is 0.382 e. The maximum atomic E-state index is 4.36. The summed E-state index contributed by atoms with van der Waals surface area (Å²) in [6, 6.07) is 4.53. The standard InChI is InChI=1S/C13H18N6/c1-2-6-15-11(3-1)7-16-12-4-5-13(17-8-12)19-10-14-9-18-19/h4-5,8-11,15-16H,1-3,6-7H2. The highest BCUT2D eigenvalue weighted by atomic mass is 15.3. The van der Waals surface area contributed by atoms with Gasteiger partial charge >= 0.3 is 0 Å². The SMILES string of the molecule is c1ncn(-c2ccc(NCC3CCCCN3)cn2)n1. The van der Waals surface area contributed by atoms with E-state index in [9.17, 15) is 0 Å². The molecule has 3 heterocycles. The molecule has 2 aromatic heterocycles. The number of piperidine rings is 1. The van der Waals surface area contributed by atoms with Gasteiger partial charge in [0.2, 0.25) is 0 Å². The second-order valence-corrected chi connectivity index (χ2v) is 4.77. The van der Waals surface area contributed by atoms with Gasteiger partial charge in [0.15, 0.2) is 5.82 Å². The first-order chi connectivity index (χ1) is 9.42. The molecule has 100 valence electrons. The van der Waals surface area contributed by atoms with Gasteiger partial charge in [-0.1, -0.05) is 6.42 Å². The minimum absolute atomic E-state index is 0.573. The van der Waals surface area contributed by atoms with Crippen LogP contribution in [0.3, 0.4) is 0 Å². The average molecular weight is 258 g/mol. The number of anilines is 1. The van der Waals surface area contributed by atoms with E-state index in [4.69, 9.17) is 0 Å². The van der Waals surface area contributed by atoms with Crippen molar-refractivity contribution in [2.45, 2.75) is 25.3 Å². The van der Waals surface area contributed by atoms with Gasteiger partial charge in [0.05, 0.1) is 11.9 Å². The summed E-state index contributed by atoms with van der Waals surface area (Å²) in [6.45, 7) is 2.08. The highest BCUT2D eigenvalue weighted by molar-refractivity contribution is 5.43. The molecule has 1 aliphatic rings. The van der Waals surface area contributed by atoms with E-state index in [1.54, 1.807) is 11.0 Å². The van der Waals surface area contributed by atoms with Crippen LogP contribution in [0.5, 0.6) is 0 Å². The zero-order valence-corrected chi connectivity index (χ0v) is 10.8. The number of hydrogen-bond donors (Lipinski definition) is 2. The van der Waals surface area contributed by atoms with Gasteiger partial charge in [-0.3, -0.25) is 0 Å². The van der Waals surface area contributed by atoms with Gasteiger partial charge in [-0.05, 0) is 31.5 Å². The van der Waals surface area contributed by atoms with Gasteiger partial charge in [0, 0.05) is 12.6 Å². The van der Waals surface area contributed by atoms with Gasteiger partial charge < -0.3 is 10.6 Å². The average Bonchev–Trinajstić information content (AvgIpc) is 3.01. The van der Waals surface area contributed by atoms with Crippen LogP contribution in [-0.4, -0.2) is 38.9 Å². The lowest BCUT2D eigenvalue weighted by molar-refractivity contribution is 0.414. The number of nitrogens with one attached hydrogen (secondary N) is 2. The summed E-state index contributed by atoms with van der Waals surface area (Å²) in [7, 11) is 0. The van der Waals surface area contributed by atoms with Gasteiger partial charge in [-0.15, -0.1) is 0 Å². The van der Waals surface area contributed by atoms with Crippen molar-refractivity contribution in [3.63, 3.8) is 0 Å². The first kappa shape index (κ1) is 12.1. The molecule has 6 heteroatoms. The first-order valence-corrected chi connectivity index (χ1v) is 6.70. The maximum absolute atomic E-state index is 4.36. The van der Waals surface area contributed by atoms with Crippen molar-refractivity contribution >= 4 is 5.69 Å². The van der Waals surface area contributed by atoms with Crippen LogP contribution < -0.4 is 10.6 Å². The van der Waals surface area contributed by atoms with E-state index >= 15 is 0 Å². The predicted molar refractivity (Wildman–Crippen MR) is 73.3 cm³/mol. The molecule has 0 aromatic carbocycles. The second-order valence-electron chi connectivity index (χ2n) is 4.77. The van der Waals surface area contributed by atoms with E-state index < -0.39 is 0 Å². The number of nitrogens with zero attached hydrogens (tertiary/aromatic N) is 4. The molecule has 1 fully saturated rings. The molecule has 3 rings (SSSR count). The maximum Gasteiger partial charge on any atom is 0.155 e. The van der Waals surface area contributed by atoms with Crippen molar-refractivity contribution in [2.75, 3.05) is 18.4 Å². The van der Waals surface area contributed by atoms with E-state index in [1.807, 2.05) is 18.3 Å². The third-order valence-electron chi connectivity index (χ3n) is 3.37. The van der Waals surface area contributed by atoms with Gasteiger partial charge in [0.25, 0.3) is 0 Å². The fourth-order valence-electron chi connectivity index (χ4n) is 2.29. The van der Waals surface area contributed by atoms with Crippen molar-refractivity contribution in [1.29, 1.82) is 0 Å². The van der Waals surface area contributed by atoms with Crippen LogP contribution in [-0.2, 0) is 0 Å². The molecule has 2 aromatic rings. The fraction of sp³-hybridized carbons (Fsp3) is 0.462. The number of aromatic nitrogens is 4. The summed E-state index contributed by atoms with van der Waals surface area (Å²) < 4.78 is 1.65. The van der Waals surface area contributed by atoms with Gasteiger partial charge in [-0.25, -0.2) is 14.6 Å². The van der Waals surface area contributed by atoms with Crippen molar-refractivity contribution in [3.05, 3.63) is 31.0 Å². The van der Waals surface area contributed by atoms with Crippen LogP contribution in [0.25, 0.3) is 5.82 Å². The quantitative estimate of drug-likeness (QED) is 0.863. The van der Waals surface area contributed by atoms with Gasteiger partial charge in [-0.2, -0.15) is 5.10 Å². The van der Waals surface area contributed by atoms with E-state index in [-0.39, 0.29) is 0 Å². The third kappa shape index (κ3) is 3.08. The van der Waals surface area contributed by atoms with E-state index in [0.717, 1.165) is 24.6 Å². The van der Waals surface area contributed by atoms with Crippen LogP contribution in [0, 0.1) is 0 Å². The minimum atomic E-state index is 0.573. The van der Waals surface area contributed by atoms with E-state index in [2.05, 4.69) is 25.7 Å². The van der Waals surface area contributed by atoms with Crippen molar-refractivity contribution in [1.82, 2.24) is 25.1 Å². The number of rotatable bonds is 4. The Morgan fingerprint density at radius 2 is 2.37 bits per heavy atom. The minimum Gasteiger partial charge on any atom is -0.382 e. The molecule has 6 nitrogen and oxygen atoms in total. The lowest BCUT2D eigenvalue weighted by Crippen LogP contribution is -2.39. The Balaban J connectivity index is 1.57. The second kappa shape index (κ2) is 5.79. The molecule has 1 aliphatic heterocycles. The topological polar surface area (TPSA) is 67.7 Å². The van der Waals surface area contributed by atoms with Crippen LogP contribution in [0.4, 0.5) is 5.69 Å². The zero-order chi connectivity index (χ0) is 12.9. The van der Waals surface area contributed by atoms with E-state index in [0.29, 0.717) is 6.04 Å². The predicted octanol–water partition coefficient (Wildman–Crippen LogP) is 1.22. The molecule has 0 amide bonds. The van der Waals surface area contributed by atoms with Crippen LogP contribution in [0.1, 0.15) is 19.3 Å². The highest BCUT2D eigenvalue weighted by Crippen LogP contribution is 2.11. The molecule has 1 unspecified atom stereocenters. The normalized spacial score (nSPS) is 19.3. The third-order valence-corrected chi connectivity index (χ3v) is 3.37.